The van der Waals surface area contributed by atoms with Crippen LogP contribution in [0.5, 0.6) is 0 Å². The molecule has 0 saturated heterocycles. The maximum Gasteiger partial charge on any atom is 0.335 e. The standard InChI is InChI=1S/C19H12N2O5S2/c22-19(23)11-7-13(9-14(8-11)28(24,25)26)20-12-5-6-16-18(10-12)27-17-4-2-1-3-15(17)21-16/h1-10H,(H,22,23)(H,24,25,26)/b20-12+. The minimum absolute atomic E-state index is 0.102. The highest BCUT2D eigenvalue weighted by molar-refractivity contribution is 7.85. The Morgan fingerprint density at radius 2 is 1.82 bits per heavy atom. The Hall–Kier alpha value is -3.14. The van der Waals surface area contributed by atoms with E-state index in [2.05, 4.69) is 9.98 Å². The molecule has 0 amide bonds. The molecule has 4 rings (SSSR count). The Bertz CT molecular complexity index is 1380. The lowest BCUT2D eigenvalue weighted by molar-refractivity contribution is 0.0696. The van der Waals surface area contributed by atoms with Gasteiger partial charge in [0, 0.05) is 0 Å². The molecule has 1 aliphatic heterocycles. The van der Waals surface area contributed by atoms with Gasteiger partial charge in [0.05, 0.1) is 42.3 Å². The predicted molar refractivity (Wildman–Crippen MR) is 105 cm³/mol. The van der Waals surface area contributed by atoms with E-state index < -0.39 is 21.0 Å². The van der Waals surface area contributed by atoms with Crippen molar-refractivity contribution < 1.29 is 22.9 Å². The van der Waals surface area contributed by atoms with Crippen LogP contribution in [0.4, 0.5) is 5.69 Å². The molecule has 0 saturated carbocycles. The van der Waals surface area contributed by atoms with Crippen LogP contribution < -0.4 is 5.36 Å². The topological polar surface area (TPSA) is 117 Å². The van der Waals surface area contributed by atoms with Gasteiger partial charge in [0.2, 0.25) is 0 Å². The maximum atomic E-state index is 11.4. The number of aromatic nitrogens is 1. The van der Waals surface area contributed by atoms with Crippen molar-refractivity contribution in [2.75, 3.05) is 0 Å². The Morgan fingerprint density at radius 3 is 2.57 bits per heavy atom. The minimum atomic E-state index is -4.56. The Morgan fingerprint density at radius 1 is 1.04 bits per heavy atom. The van der Waals surface area contributed by atoms with E-state index in [0.717, 1.165) is 32.9 Å². The van der Waals surface area contributed by atoms with Gasteiger partial charge >= 0.3 is 5.97 Å². The lowest BCUT2D eigenvalue weighted by Gasteiger charge is -2.06. The number of carbonyl (C=O) groups is 1. The summed E-state index contributed by atoms with van der Waals surface area (Å²) in [5.41, 5.74) is 1.49. The molecule has 28 heavy (non-hydrogen) atoms. The van der Waals surface area contributed by atoms with Crippen molar-refractivity contribution in [3.8, 4) is 10.6 Å². The highest BCUT2D eigenvalue weighted by atomic mass is 32.2. The van der Waals surface area contributed by atoms with Crippen molar-refractivity contribution in [1.29, 1.82) is 0 Å². The second-order valence-electron chi connectivity index (χ2n) is 5.94. The summed E-state index contributed by atoms with van der Waals surface area (Å²) in [6.45, 7) is 0. The molecule has 9 heteroatoms. The molecule has 0 aromatic heterocycles. The first kappa shape index (κ1) is 18.2. The van der Waals surface area contributed by atoms with Gasteiger partial charge in [-0.15, -0.1) is 11.3 Å². The molecule has 1 aliphatic carbocycles. The SMILES string of the molecule is O=C(O)c1cc(/N=c2\ccc3nc4ccccc4sc-3c2)cc(S(=O)(=O)O)c1. The average molecular weight is 412 g/mol. The van der Waals surface area contributed by atoms with Gasteiger partial charge < -0.3 is 5.11 Å². The van der Waals surface area contributed by atoms with Gasteiger partial charge in [0.25, 0.3) is 10.1 Å². The number of rotatable bonds is 3. The summed E-state index contributed by atoms with van der Waals surface area (Å²) in [7, 11) is -4.56. The molecule has 2 aliphatic rings. The summed E-state index contributed by atoms with van der Waals surface area (Å²) >= 11 is 1.54. The van der Waals surface area contributed by atoms with E-state index in [0.29, 0.717) is 5.36 Å². The van der Waals surface area contributed by atoms with Gasteiger partial charge in [-0.2, -0.15) is 8.42 Å². The molecule has 2 N–H and O–H groups in total. The first-order valence-corrected chi connectivity index (χ1v) is 10.3. The van der Waals surface area contributed by atoms with E-state index >= 15 is 0 Å². The summed E-state index contributed by atoms with van der Waals surface area (Å²) in [5.74, 6) is -1.32. The lowest BCUT2D eigenvalue weighted by Crippen LogP contribution is -2.04. The van der Waals surface area contributed by atoms with Gasteiger partial charge in [0.15, 0.2) is 0 Å². The van der Waals surface area contributed by atoms with Crippen LogP contribution in [0.3, 0.4) is 0 Å². The zero-order valence-corrected chi connectivity index (χ0v) is 15.7. The molecule has 0 fully saturated rings. The second kappa shape index (κ2) is 6.79. The van der Waals surface area contributed by atoms with Crippen LogP contribution in [-0.2, 0) is 10.1 Å². The van der Waals surface area contributed by atoms with Gasteiger partial charge in [-0.3, -0.25) is 4.55 Å². The fourth-order valence-electron chi connectivity index (χ4n) is 2.70. The van der Waals surface area contributed by atoms with Crippen LogP contribution in [0.1, 0.15) is 10.4 Å². The second-order valence-corrected chi connectivity index (χ2v) is 8.45. The number of fused-ring (bicyclic) bond motifs is 2. The summed E-state index contributed by atoms with van der Waals surface area (Å²) < 4.78 is 33.1. The molecule has 0 radical (unpaired) electrons. The number of benzene rings is 3. The Labute approximate surface area is 163 Å². The van der Waals surface area contributed by atoms with Crippen molar-refractivity contribution in [2.45, 2.75) is 4.90 Å². The van der Waals surface area contributed by atoms with Gasteiger partial charge in [0.1, 0.15) is 0 Å². The number of nitrogens with zero attached hydrogens (tertiary/aromatic N) is 2. The number of carboxylic acid groups (broad SMARTS) is 1. The molecule has 0 unspecified atom stereocenters. The van der Waals surface area contributed by atoms with Crippen LogP contribution >= 0.6 is 11.3 Å². The fourth-order valence-corrected chi connectivity index (χ4v) is 4.25. The van der Waals surface area contributed by atoms with Crippen LogP contribution in [0.25, 0.3) is 20.8 Å². The highest BCUT2D eigenvalue weighted by Crippen LogP contribution is 2.29. The number of carboxylic acids is 1. The molecular formula is C19H12N2O5S2. The molecule has 140 valence electrons. The molecule has 2 aromatic carbocycles. The van der Waals surface area contributed by atoms with E-state index in [4.69, 9.17) is 0 Å². The van der Waals surface area contributed by atoms with E-state index in [1.807, 2.05) is 24.3 Å². The molecule has 1 heterocycles. The zero-order chi connectivity index (χ0) is 19.9. The number of aromatic carboxylic acids is 1. The van der Waals surface area contributed by atoms with Crippen LogP contribution in [0, 0.1) is 0 Å². The van der Waals surface area contributed by atoms with E-state index in [1.165, 1.54) is 17.4 Å². The first-order valence-electron chi connectivity index (χ1n) is 8.00. The van der Waals surface area contributed by atoms with Crippen molar-refractivity contribution in [3.63, 3.8) is 0 Å². The van der Waals surface area contributed by atoms with Crippen molar-refractivity contribution in [3.05, 3.63) is 71.6 Å². The van der Waals surface area contributed by atoms with E-state index in [1.54, 1.807) is 18.2 Å². The molecule has 0 atom stereocenters. The number of hydrogen-bond donors (Lipinski definition) is 2. The third kappa shape index (κ3) is 3.63. The molecular weight excluding hydrogens is 400 g/mol. The Balaban J connectivity index is 1.90. The van der Waals surface area contributed by atoms with E-state index in [-0.39, 0.29) is 11.3 Å². The predicted octanol–water partition coefficient (Wildman–Crippen LogP) is 3.58. The quantitative estimate of drug-likeness (QED) is 0.392. The summed E-state index contributed by atoms with van der Waals surface area (Å²) in [4.78, 5) is 20.5. The summed E-state index contributed by atoms with van der Waals surface area (Å²) in [5, 5.41) is 9.69. The average Bonchev–Trinajstić information content (AvgIpc) is 2.65. The molecule has 0 spiro atoms. The smallest absolute Gasteiger partial charge is 0.335 e. The summed E-state index contributed by atoms with van der Waals surface area (Å²) in [6.07, 6.45) is 0. The lowest BCUT2D eigenvalue weighted by atomic mass is 10.2. The monoisotopic (exact) mass is 412 g/mol. The minimum Gasteiger partial charge on any atom is -0.478 e. The van der Waals surface area contributed by atoms with Gasteiger partial charge in [-0.1, -0.05) is 12.1 Å². The van der Waals surface area contributed by atoms with Crippen molar-refractivity contribution in [1.82, 2.24) is 4.98 Å². The van der Waals surface area contributed by atoms with Crippen LogP contribution in [0.2, 0.25) is 0 Å². The highest BCUT2D eigenvalue weighted by Gasteiger charge is 2.15. The molecule has 7 nitrogen and oxygen atoms in total. The summed E-state index contributed by atoms with van der Waals surface area (Å²) in [6, 6.07) is 16.3. The number of para-hydroxylation sites is 1. The number of hydrogen-bond acceptors (Lipinski definition) is 6. The van der Waals surface area contributed by atoms with Crippen molar-refractivity contribution in [2.24, 2.45) is 4.99 Å². The van der Waals surface area contributed by atoms with Gasteiger partial charge in [-0.05, 0) is 48.5 Å². The molecule has 0 bridgehead atoms. The zero-order valence-electron chi connectivity index (χ0n) is 14.1. The normalized spacial score (nSPS) is 12.5. The van der Waals surface area contributed by atoms with Crippen LogP contribution in [0.15, 0.2) is 70.6 Å². The largest absolute Gasteiger partial charge is 0.478 e. The first-order chi connectivity index (χ1) is 13.3. The molecule has 2 aromatic rings. The van der Waals surface area contributed by atoms with E-state index in [9.17, 15) is 22.9 Å². The maximum absolute atomic E-state index is 11.4. The van der Waals surface area contributed by atoms with Crippen molar-refractivity contribution >= 4 is 43.3 Å². The third-order valence-electron chi connectivity index (χ3n) is 3.96. The van der Waals surface area contributed by atoms with Gasteiger partial charge in [-0.25, -0.2) is 14.8 Å². The van der Waals surface area contributed by atoms with Crippen LogP contribution in [-0.4, -0.2) is 29.0 Å². The Kier molecular flexibility index (Phi) is 4.42. The fraction of sp³-hybridized carbons (Fsp3) is 0. The third-order valence-corrected chi connectivity index (χ3v) is 5.91.